The molecule has 0 saturated carbocycles. The van der Waals surface area contributed by atoms with Crippen LogP contribution in [0.3, 0.4) is 0 Å². The highest BCUT2D eigenvalue weighted by atomic mass is 32.1. The molecular weight excluding hydrogens is 366 g/mol. The Bertz CT molecular complexity index is 981. The van der Waals surface area contributed by atoms with Crippen molar-refractivity contribution in [1.82, 2.24) is 10.3 Å². The van der Waals surface area contributed by atoms with Crippen molar-refractivity contribution in [1.29, 1.82) is 0 Å². The van der Waals surface area contributed by atoms with E-state index in [2.05, 4.69) is 10.3 Å². The predicted octanol–water partition coefficient (Wildman–Crippen LogP) is 3.62. The van der Waals surface area contributed by atoms with Gasteiger partial charge in [0.05, 0.1) is 29.3 Å². The molecule has 1 aliphatic rings. The molecule has 4 rings (SSSR count). The van der Waals surface area contributed by atoms with E-state index in [9.17, 15) is 4.79 Å². The molecule has 130 valence electrons. The summed E-state index contributed by atoms with van der Waals surface area (Å²) in [5.41, 5.74) is 2.19. The number of benzene rings is 2. The number of thiazole rings is 1. The molecule has 1 N–H and O–H groups in total. The Balaban J connectivity index is 1.89. The first kappa shape index (κ1) is 16.8. The largest absolute Gasteiger partial charge is 0.465 e. The maximum Gasteiger partial charge on any atom is 0.353 e. The molecule has 0 radical (unpaired) electrons. The van der Waals surface area contributed by atoms with Crippen LogP contribution in [-0.4, -0.2) is 28.9 Å². The summed E-state index contributed by atoms with van der Waals surface area (Å²) in [6.45, 7) is 0. The number of carbonyl (C=O) groups is 1. The smallest absolute Gasteiger partial charge is 0.353 e. The highest BCUT2D eigenvalue weighted by Gasteiger charge is 2.39. The molecule has 2 aromatic carbocycles. The van der Waals surface area contributed by atoms with Crippen molar-refractivity contribution >= 4 is 50.6 Å². The van der Waals surface area contributed by atoms with Crippen LogP contribution in [0.2, 0.25) is 0 Å². The topological polar surface area (TPSA) is 63.6 Å². The van der Waals surface area contributed by atoms with Crippen molar-refractivity contribution in [2.45, 2.75) is 12.0 Å². The number of esters is 1. The molecule has 5 nitrogen and oxygen atoms in total. The van der Waals surface area contributed by atoms with Gasteiger partial charge in [-0.25, -0.2) is 14.8 Å². The Labute approximate surface area is 159 Å². The van der Waals surface area contributed by atoms with Crippen molar-refractivity contribution in [3.8, 4) is 0 Å². The minimum atomic E-state index is -0.487. The average Bonchev–Trinajstić information content (AvgIpc) is 3.11. The number of aromatic nitrogens is 1. The molecule has 0 aliphatic carbocycles. The molecule has 0 saturated heterocycles. The summed E-state index contributed by atoms with van der Waals surface area (Å²) in [5.74, 6) is -0.868. The summed E-state index contributed by atoms with van der Waals surface area (Å²) in [4.78, 5) is 21.5. The lowest BCUT2D eigenvalue weighted by atomic mass is 9.88. The summed E-state index contributed by atoms with van der Waals surface area (Å²) in [6, 6.07) is 17.5. The highest BCUT2D eigenvalue weighted by Crippen LogP contribution is 2.38. The Kier molecular flexibility index (Phi) is 4.48. The number of carbonyl (C=O) groups excluding carboxylic acids is 1. The third kappa shape index (κ3) is 3.00. The fourth-order valence-corrected chi connectivity index (χ4v) is 4.42. The van der Waals surface area contributed by atoms with Crippen LogP contribution in [0.25, 0.3) is 10.2 Å². The summed E-state index contributed by atoms with van der Waals surface area (Å²) >= 11 is 6.82. The average molecular weight is 381 g/mol. The van der Waals surface area contributed by atoms with E-state index in [1.807, 2.05) is 54.6 Å². The van der Waals surface area contributed by atoms with Gasteiger partial charge in [-0.2, -0.15) is 0 Å². The van der Waals surface area contributed by atoms with E-state index in [4.69, 9.17) is 21.9 Å². The van der Waals surface area contributed by atoms with Crippen LogP contribution in [0, 0.1) is 0 Å². The lowest BCUT2D eigenvalue weighted by molar-refractivity contribution is -0.133. The van der Waals surface area contributed by atoms with Gasteiger partial charge in [-0.05, 0) is 29.9 Å². The zero-order valence-corrected chi connectivity index (χ0v) is 15.5. The van der Waals surface area contributed by atoms with E-state index in [1.165, 1.54) is 7.11 Å². The molecule has 0 bridgehead atoms. The first-order chi connectivity index (χ1) is 12.7. The van der Waals surface area contributed by atoms with E-state index in [-0.39, 0.29) is 22.8 Å². The number of hydrogen-bond acceptors (Lipinski definition) is 5. The van der Waals surface area contributed by atoms with Crippen LogP contribution in [0.5, 0.6) is 0 Å². The molecule has 26 heavy (non-hydrogen) atoms. The van der Waals surface area contributed by atoms with Crippen molar-refractivity contribution in [3.63, 3.8) is 0 Å². The monoisotopic (exact) mass is 381 g/mol. The Morgan fingerprint density at radius 1 is 1.15 bits per heavy atom. The fourth-order valence-electron chi connectivity index (χ4n) is 3.08. The van der Waals surface area contributed by atoms with Crippen LogP contribution in [0.1, 0.15) is 22.5 Å². The second-order valence-corrected chi connectivity index (χ2v) is 7.27. The number of ether oxygens (including phenoxy) is 1. The summed E-state index contributed by atoms with van der Waals surface area (Å²) < 4.78 is 6.03. The molecule has 7 heteroatoms. The lowest BCUT2D eigenvalue weighted by Crippen LogP contribution is -2.42. The van der Waals surface area contributed by atoms with Crippen molar-refractivity contribution in [2.24, 2.45) is 4.99 Å². The second-order valence-electron chi connectivity index (χ2n) is 5.82. The number of fused-ring (bicyclic) bond motifs is 1. The molecule has 1 aromatic heterocycles. The Hall–Kier alpha value is -2.64. The van der Waals surface area contributed by atoms with Gasteiger partial charge in [0.1, 0.15) is 10.7 Å². The third-order valence-corrected chi connectivity index (χ3v) is 5.59. The lowest BCUT2D eigenvalue weighted by Gasteiger charge is -2.31. The highest BCUT2D eigenvalue weighted by molar-refractivity contribution is 7.80. The molecule has 3 aromatic rings. The fraction of sp³-hybridized carbons (Fsp3) is 0.158. The van der Waals surface area contributed by atoms with Crippen molar-refractivity contribution < 1.29 is 9.53 Å². The van der Waals surface area contributed by atoms with Gasteiger partial charge in [0.15, 0.2) is 5.11 Å². The number of methoxy groups -OCH3 is 1. The molecule has 0 amide bonds. The van der Waals surface area contributed by atoms with E-state index in [0.29, 0.717) is 0 Å². The zero-order valence-electron chi connectivity index (χ0n) is 13.9. The molecule has 0 unspecified atom stereocenters. The van der Waals surface area contributed by atoms with Gasteiger partial charge >= 0.3 is 5.97 Å². The van der Waals surface area contributed by atoms with Gasteiger partial charge in [0.2, 0.25) is 0 Å². The normalized spacial score (nSPS) is 19.7. The number of nitrogens with one attached hydrogen (secondary N) is 1. The quantitative estimate of drug-likeness (QED) is 0.554. The molecule has 0 spiro atoms. The van der Waals surface area contributed by atoms with Crippen LogP contribution in [0.15, 0.2) is 59.6 Å². The van der Waals surface area contributed by atoms with E-state index >= 15 is 0 Å². The summed E-state index contributed by atoms with van der Waals surface area (Å²) in [7, 11) is 1.35. The van der Waals surface area contributed by atoms with Crippen LogP contribution < -0.4 is 5.32 Å². The van der Waals surface area contributed by atoms with Gasteiger partial charge in [0.25, 0.3) is 0 Å². The summed E-state index contributed by atoms with van der Waals surface area (Å²) in [6.07, 6.45) is 0. The zero-order chi connectivity index (χ0) is 18.1. The SMILES string of the molecule is COC(=O)C1=NC(=S)N[C@@H](c2ccccc2)[C@H]1c1nc2ccccc2s1. The van der Waals surface area contributed by atoms with E-state index in [1.54, 1.807) is 11.3 Å². The van der Waals surface area contributed by atoms with E-state index in [0.717, 1.165) is 20.8 Å². The minimum Gasteiger partial charge on any atom is -0.465 e. The van der Waals surface area contributed by atoms with E-state index < -0.39 is 5.97 Å². The number of hydrogen-bond donors (Lipinski definition) is 1. The minimum absolute atomic E-state index is 0.240. The summed E-state index contributed by atoms with van der Waals surface area (Å²) in [5, 5.41) is 4.32. The molecule has 1 aliphatic heterocycles. The number of para-hydroxylation sites is 1. The Morgan fingerprint density at radius 3 is 2.62 bits per heavy atom. The maximum absolute atomic E-state index is 12.4. The molecule has 2 atom stereocenters. The van der Waals surface area contributed by atoms with Crippen molar-refractivity contribution in [3.05, 3.63) is 65.2 Å². The second kappa shape index (κ2) is 6.93. The number of nitrogens with zero attached hydrogens (tertiary/aromatic N) is 2. The predicted molar refractivity (Wildman–Crippen MR) is 107 cm³/mol. The molecule has 2 heterocycles. The molecule has 0 fully saturated rings. The first-order valence-corrected chi connectivity index (χ1v) is 9.27. The van der Waals surface area contributed by atoms with Gasteiger partial charge in [-0.1, -0.05) is 42.5 Å². The first-order valence-electron chi connectivity index (χ1n) is 8.05. The number of aliphatic imine (C=N–C) groups is 1. The molecular formula is C19H15N3O2S2. The van der Waals surface area contributed by atoms with Crippen molar-refractivity contribution in [2.75, 3.05) is 7.11 Å². The Morgan fingerprint density at radius 2 is 1.88 bits per heavy atom. The number of rotatable bonds is 3. The standard InChI is InChI=1S/C19H15N3O2S2/c1-24-18(23)16-14(17-20-12-9-5-6-10-13(12)26-17)15(21-19(25)22-16)11-7-3-2-4-8-11/h2-10,14-15H,1H3,(H,21,25)/t14-,15+/m1/s1. The van der Waals surface area contributed by atoms with Gasteiger partial charge in [-0.15, -0.1) is 11.3 Å². The third-order valence-electron chi connectivity index (χ3n) is 4.26. The van der Waals surface area contributed by atoms with Gasteiger partial charge < -0.3 is 10.1 Å². The van der Waals surface area contributed by atoms with Crippen LogP contribution in [-0.2, 0) is 9.53 Å². The van der Waals surface area contributed by atoms with Crippen LogP contribution in [0.4, 0.5) is 0 Å². The maximum atomic E-state index is 12.4. The van der Waals surface area contributed by atoms with Gasteiger partial charge in [-0.3, -0.25) is 0 Å². The van der Waals surface area contributed by atoms with Gasteiger partial charge in [0, 0.05) is 0 Å². The number of thiocarbonyl (C=S) groups is 1. The van der Waals surface area contributed by atoms with Crippen LogP contribution >= 0.6 is 23.6 Å².